The fraction of sp³-hybridized carbons (Fsp3) is 0.562. The summed E-state index contributed by atoms with van der Waals surface area (Å²) in [6, 6.07) is 6.67. The third kappa shape index (κ3) is 3.88. The van der Waals surface area contributed by atoms with Crippen molar-refractivity contribution in [2.24, 2.45) is 5.92 Å². The Labute approximate surface area is 125 Å². The molecular formula is C16H22N2O3. The van der Waals surface area contributed by atoms with E-state index in [1.807, 2.05) is 14.1 Å². The molecule has 1 saturated carbocycles. The Kier molecular flexibility index (Phi) is 5.07. The number of benzene rings is 1. The monoisotopic (exact) mass is 290 g/mol. The second-order valence-electron chi connectivity index (χ2n) is 6.04. The van der Waals surface area contributed by atoms with Gasteiger partial charge in [-0.05, 0) is 32.5 Å². The molecule has 5 heteroatoms. The summed E-state index contributed by atoms with van der Waals surface area (Å²) in [6.45, 7) is 0.786. The lowest BCUT2D eigenvalue weighted by molar-refractivity contribution is -0.384. The number of ketones is 1. The molecule has 1 aliphatic carbocycles. The van der Waals surface area contributed by atoms with Crippen molar-refractivity contribution in [1.29, 1.82) is 0 Å². The fourth-order valence-electron chi connectivity index (χ4n) is 3.14. The predicted molar refractivity (Wildman–Crippen MR) is 81.4 cm³/mol. The molecule has 1 unspecified atom stereocenters. The minimum atomic E-state index is -0.392. The number of carbonyl (C=O) groups excluding carboxylic acids is 1. The normalized spacial score (nSPS) is 20.5. The topological polar surface area (TPSA) is 63.4 Å². The number of rotatable bonds is 5. The van der Waals surface area contributed by atoms with Crippen LogP contribution in [-0.2, 0) is 4.79 Å². The number of hydrogen-bond acceptors (Lipinski definition) is 4. The lowest BCUT2D eigenvalue weighted by Crippen LogP contribution is -2.32. The van der Waals surface area contributed by atoms with Gasteiger partial charge in [0.1, 0.15) is 5.78 Å². The summed E-state index contributed by atoms with van der Waals surface area (Å²) >= 11 is 0. The fourth-order valence-corrected chi connectivity index (χ4v) is 3.14. The SMILES string of the molecule is CN(C)CC(c1ccc([N+](=O)[O-])cc1)[C@H]1CCCCC1=O. The van der Waals surface area contributed by atoms with Crippen LogP contribution in [0.1, 0.15) is 37.2 Å². The van der Waals surface area contributed by atoms with Gasteiger partial charge in [-0.25, -0.2) is 0 Å². The van der Waals surface area contributed by atoms with Gasteiger partial charge in [0, 0.05) is 36.9 Å². The molecular weight excluding hydrogens is 268 g/mol. The van der Waals surface area contributed by atoms with Crippen LogP contribution in [0.2, 0.25) is 0 Å². The molecule has 0 aromatic heterocycles. The summed E-state index contributed by atoms with van der Waals surface area (Å²) in [5, 5.41) is 10.8. The van der Waals surface area contributed by atoms with Gasteiger partial charge in [-0.1, -0.05) is 18.6 Å². The number of nitrogens with zero attached hydrogens (tertiary/aromatic N) is 2. The Morgan fingerprint density at radius 2 is 1.95 bits per heavy atom. The molecule has 0 saturated heterocycles. The number of Topliss-reactive ketones (excluding diaryl/α,β-unsaturated/α-hetero) is 1. The minimum absolute atomic E-state index is 0.0441. The zero-order chi connectivity index (χ0) is 15.4. The first-order valence-electron chi connectivity index (χ1n) is 7.41. The molecule has 1 fully saturated rings. The highest BCUT2D eigenvalue weighted by atomic mass is 16.6. The summed E-state index contributed by atoms with van der Waals surface area (Å²) in [7, 11) is 3.98. The van der Waals surface area contributed by atoms with E-state index >= 15 is 0 Å². The molecule has 114 valence electrons. The Balaban J connectivity index is 2.26. The Morgan fingerprint density at radius 3 is 2.48 bits per heavy atom. The van der Waals surface area contributed by atoms with E-state index in [9.17, 15) is 14.9 Å². The molecule has 2 atom stereocenters. The Morgan fingerprint density at radius 1 is 1.29 bits per heavy atom. The molecule has 0 bridgehead atoms. The maximum Gasteiger partial charge on any atom is 0.269 e. The van der Waals surface area contributed by atoms with Crippen molar-refractivity contribution in [3.63, 3.8) is 0 Å². The van der Waals surface area contributed by atoms with Crippen LogP contribution in [0.25, 0.3) is 0 Å². The first kappa shape index (κ1) is 15.6. The van der Waals surface area contributed by atoms with Gasteiger partial charge in [0.25, 0.3) is 5.69 Å². The number of likely N-dealkylation sites (N-methyl/N-ethyl adjacent to an activating group) is 1. The van der Waals surface area contributed by atoms with Crippen LogP contribution in [-0.4, -0.2) is 36.2 Å². The molecule has 0 spiro atoms. The van der Waals surface area contributed by atoms with Gasteiger partial charge < -0.3 is 4.90 Å². The third-order valence-electron chi connectivity index (χ3n) is 4.18. The largest absolute Gasteiger partial charge is 0.309 e. The smallest absolute Gasteiger partial charge is 0.269 e. The quantitative estimate of drug-likeness (QED) is 0.617. The molecule has 21 heavy (non-hydrogen) atoms. The molecule has 5 nitrogen and oxygen atoms in total. The van der Waals surface area contributed by atoms with Crippen molar-refractivity contribution >= 4 is 11.5 Å². The van der Waals surface area contributed by atoms with E-state index in [1.54, 1.807) is 12.1 Å². The lowest BCUT2D eigenvalue weighted by Gasteiger charge is -2.31. The van der Waals surface area contributed by atoms with Gasteiger partial charge in [0.05, 0.1) is 4.92 Å². The third-order valence-corrected chi connectivity index (χ3v) is 4.18. The average molecular weight is 290 g/mol. The Hall–Kier alpha value is -1.75. The van der Waals surface area contributed by atoms with Crippen molar-refractivity contribution in [2.75, 3.05) is 20.6 Å². The number of hydrogen-bond donors (Lipinski definition) is 0. The molecule has 0 amide bonds. The van der Waals surface area contributed by atoms with Crippen molar-refractivity contribution in [3.05, 3.63) is 39.9 Å². The van der Waals surface area contributed by atoms with Gasteiger partial charge in [-0.2, -0.15) is 0 Å². The van der Waals surface area contributed by atoms with E-state index in [0.717, 1.165) is 31.4 Å². The summed E-state index contributed by atoms with van der Waals surface area (Å²) < 4.78 is 0. The van der Waals surface area contributed by atoms with Crippen LogP contribution in [0.5, 0.6) is 0 Å². The summed E-state index contributed by atoms with van der Waals surface area (Å²) in [5.74, 6) is 0.502. The highest BCUT2D eigenvalue weighted by molar-refractivity contribution is 5.82. The second kappa shape index (κ2) is 6.80. The van der Waals surface area contributed by atoms with Gasteiger partial charge >= 0.3 is 0 Å². The second-order valence-corrected chi connectivity index (χ2v) is 6.04. The van der Waals surface area contributed by atoms with Gasteiger partial charge in [0.2, 0.25) is 0 Å². The zero-order valence-corrected chi connectivity index (χ0v) is 12.6. The highest BCUT2D eigenvalue weighted by Gasteiger charge is 2.31. The van der Waals surface area contributed by atoms with E-state index in [2.05, 4.69) is 4.90 Å². The number of non-ortho nitro benzene ring substituents is 1. The van der Waals surface area contributed by atoms with E-state index in [1.165, 1.54) is 12.1 Å². The van der Waals surface area contributed by atoms with Crippen molar-refractivity contribution in [2.45, 2.75) is 31.6 Å². The number of nitro groups is 1. The molecule has 0 radical (unpaired) electrons. The summed E-state index contributed by atoms with van der Waals surface area (Å²) in [6.07, 6.45) is 3.67. The standard InChI is InChI=1S/C16H22N2O3/c1-17(2)11-15(14-5-3-4-6-16(14)19)12-7-9-13(10-8-12)18(20)21/h7-10,14-15H,3-6,11H2,1-2H3/t14-,15?/m1/s1. The molecule has 1 aromatic carbocycles. The lowest BCUT2D eigenvalue weighted by atomic mass is 9.75. The minimum Gasteiger partial charge on any atom is -0.309 e. The van der Waals surface area contributed by atoms with Crippen LogP contribution in [0.4, 0.5) is 5.69 Å². The molecule has 0 N–H and O–H groups in total. The van der Waals surface area contributed by atoms with Crippen LogP contribution in [0.3, 0.4) is 0 Å². The van der Waals surface area contributed by atoms with Gasteiger partial charge in [-0.15, -0.1) is 0 Å². The zero-order valence-electron chi connectivity index (χ0n) is 12.6. The van der Waals surface area contributed by atoms with E-state index in [0.29, 0.717) is 12.2 Å². The van der Waals surface area contributed by atoms with Gasteiger partial charge in [0.15, 0.2) is 0 Å². The van der Waals surface area contributed by atoms with Crippen molar-refractivity contribution < 1.29 is 9.72 Å². The van der Waals surface area contributed by atoms with E-state index in [-0.39, 0.29) is 17.5 Å². The first-order chi connectivity index (χ1) is 9.99. The van der Waals surface area contributed by atoms with Crippen LogP contribution in [0, 0.1) is 16.0 Å². The van der Waals surface area contributed by atoms with E-state index in [4.69, 9.17) is 0 Å². The van der Waals surface area contributed by atoms with Crippen LogP contribution < -0.4 is 0 Å². The number of carbonyl (C=O) groups is 1. The van der Waals surface area contributed by atoms with Crippen LogP contribution >= 0.6 is 0 Å². The maximum atomic E-state index is 12.2. The molecule has 2 rings (SSSR count). The van der Waals surface area contributed by atoms with Crippen molar-refractivity contribution in [3.8, 4) is 0 Å². The highest BCUT2D eigenvalue weighted by Crippen LogP contribution is 2.35. The maximum absolute atomic E-state index is 12.2. The molecule has 0 aliphatic heterocycles. The molecule has 0 heterocycles. The van der Waals surface area contributed by atoms with Crippen LogP contribution in [0.15, 0.2) is 24.3 Å². The Bertz CT molecular complexity index is 511. The first-order valence-corrected chi connectivity index (χ1v) is 7.41. The van der Waals surface area contributed by atoms with Crippen molar-refractivity contribution in [1.82, 2.24) is 4.90 Å². The predicted octanol–water partition coefficient (Wildman–Crippen LogP) is 3.00. The van der Waals surface area contributed by atoms with Gasteiger partial charge in [-0.3, -0.25) is 14.9 Å². The summed E-state index contributed by atoms with van der Waals surface area (Å²) in [4.78, 5) is 24.7. The number of nitro benzene ring substituents is 1. The summed E-state index contributed by atoms with van der Waals surface area (Å²) in [5.41, 5.74) is 1.12. The molecule has 1 aliphatic rings. The van der Waals surface area contributed by atoms with E-state index < -0.39 is 4.92 Å². The average Bonchev–Trinajstić information content (AvgIpc) is 2.45. The molecule has 1 aromatic rings.